The van der Waals surface area contributed by atoms with Crippen molar-refractivity contribution in [2.75, 3.05) is 12.4 Å². The fourth-order valence-electron chi connectivity index (χ4n) is 2.10. The lowest BCUT2D eigenvalue weighted by Gasteiger charge is -2.07. The number of ether oxygens (including phenoxy) is 1. The van der Waals surface area contributed by atoms with Gasteiger partial charge in [0.2, 0.25) is 11.7 Å². The molecule has 0 atom stereocenters. The molecule has 2 aromatic carbocycles. The Morgan fingerprint density at radius 1 is 1.24 bits per heavy atom. The van der Waals surface area contributed by atoms with Crippen LogP contribution in [-0.4, -0.2) is 23.3 Å². The van der Waals surface area contributed by atoms with E-state index in [0.717, 1.165) is 10.0 Å². The third-order valence-corrected chi connectivity index (χ3v) is 3.77. The lowest BCUT2D eigenvalue weighted by Crippen LogP contribution is -2.28. The fourth-order valence-corrected chi connectivity index (χ4v) is 2.50. The maximum atomic E-state index is 11.9. The minimum Gasteiger partial charge on any atom is -0.497 e. The second kappa shape index (κ2) is 7.80. The summed E-state index contributed by atoms with van der Waals surface area (Å²) in [7, 11) is 1.57. The van der Waals surface area contributed by atoms with Crippen molar-refractivity contribution in [3.63, 3.8) is 0 Å². The number of halogens is 1. The summed E-state index contributed by atoms with van der Waals surface area (Å²) in [6.07, 6.45) is 0. The van der Waals surface area contributed by atoms with E-state index in [1.165, 1.54) is 0 Å². The molecular formula is C17H15BrN4O3. The Morgan fingerprint density at radius 3 is 2.88 bits per heavy atom. The summed E-state index contributed by atoms with van der Waals surface area (Å²) in [4.78, 5) is 16.2. The Bertz CT molecular complexity index is 882. The first-order valence-corrected chi connectivity index (χ1v) is 8.21. The van der Waals surface area contributed by atoms with Gasteiger partial charge in [-0.05, 0) is 24.3 Å². The van der Waals surface area contributed by atoms with E-state index in [4.69, 9.17) is 9.26 Å². The van der Waals surface area contributed by atoms with E-state index < -0.39 is 0 Å². The molecule has 7 nitrogen and oxygen atoms in total. The zero-order valence-corrected chi connectivity index (χ0v) is 14.9. The van der Waals surface area contributed by atoms with Gasteiger partial charge in [0.05, 0.1) is 13.7 Å². The van der Waals surface area contributed by atoms with Crippen LogP contribution in [0.1, 0.15) is 5.89 Å². The van der Waals surface area contributed by atoms with Crippen LogP contribution in [0.5, 0.6) is 5.75 Å². The van der Waals surface area contributed by atoms with Crippen LogP contribution in [0.4, 0.5) is 10.5 Å². The molecule has 2 N–H and O–H groups in total. The molecule has 0 radical (unpaired) electrons. The monoisotopic (exact) mass is 402 g/mol. The first-order chi connectivity index (χ1) is 12.1. The average Bonchev–Trinajstić information content (AvgIpc) is 3.09. The molecule has 0 spiro atoms. The number of aromatic nitrogens is 2. The second-order valence-electron chi connectivity index (χ2n) is 5.06. The summed E-state index contributed by atoms with van der Waals surface area (Å²) in [5.41, 5.74) is 1.45. The molecule has 128 valence electrons. The number of anilines is 1. The van der Waals surface area contributed by atoms with Gasteiger partial charge in [0.1, 0.15) is 5.75 Å². The number of hydrogen-bond acceptors (Lipinski definition) is 5. The summed E-state index contributed by atoms with van der Waals surface area (Å²) in [6.45, 7) is 0.122. The molecule has 0 saturated heterocycles. The molecule has 0 bridgehead atoms. The Balaban J connectivity index is 1.57. The zero-order valence-electron chi connectivity index (χ0n) is 13.3. The zero-order chi connectivity index (χ0) is 17.6. The van der Waals surface area contributed by atoms with E-state index in [1.54, 1.807) is 31.4 Å². The highest BCUT2D eigenvalue weighted by Crippen LogP contribution is 2.20. The van der Waals surface area contributed by atoms with Crippen LogP contribution in [-0.2, 0) is 6.54 Å². The van der Waals surface area contributed by atoms with Crippen molar-refractivity contribution in [2.24, 2.45) is 0 Å². The number of nitrogens with one attached hydrogen (secondary N) is 2. The quantitative estimate of drug-likeness (QED) is 0.676. The van der Waals surface area contributed by atoms with Crippen molar-refractivity contribution in [3.05, 3.63) is 58.9 Å². The van der Waals surface area contributed by atoms with Crippen LogP contribution in [0, 0.1) is 0 Å². The maximum absolute atomic E-state index is 11.9. The summed E-state index contributed by atoms with van der Waals surface area (Å²) in [5, 5.41) is 9.29. The number of hydrogen-bond donors (Lipinski definition) is 2. The van der Waals surface area contributed by atoms with Gasteiger partial charge in [-0.2, -0.15) is 4.98 Å². The van der Waals surface area contributed by atoms with Crippen molar-refractivity contribution in [3.8, 4) is 17.1 Å². The highest BCUT2D eigenvalue weighted by Gasteiger charge is 2.10. The highest BCUT2D eigenvalue weighted by atomic mass is 79.9. The van der Waals surface area contributed by atoms with Crippen LogP contribution in [0.2, 0.25) is 0 Å². The molecule has 0 saturated carbocycles. The molecule has 0 aliphatic rings. The topological polar surface area (TPSA) is 89.3 Å². The third kappa shape index (κ3) is 4.57. The molecule has 2 amide bonds. The first-order valence-electron chi connectivity index (χ1n) is 7.41. The fraction of sp³-hybridized carbons (Fsp3) is 0.118. The molecule has 8 heteroatoms. The molecule has 3 aromatic rings. The van der Waals surface area contributed by atoms with E-state index in [-0.39, 0.29) is 12.6 Å². The van der Waals surface area contributed by atoms with Crippen LogP contribution >= 0.6 is 15.9 Å². The van der Waals surface area contributed by atoms with Gasteiger partial charge in [0, 0.05) is 21.8 Å². The number of urea groups is 1. The van der Waals surface area contributed by atoms with Crippen LogP contribution in [0.15, 0.2) is 57.5 Å². The number of rotatable bonds is 5. The largest absolute Gasteiger partial charge is 0.497 e. The average molecular weight is 403 g/mol. The Kier molecular flexibility index (Phi) is 5.30. The molecule has 3 rings (SSSR count). The van der Waals surface area contributed by atoms with Crippen LogP contribution in [0.3, 0.4) is 0 Å². The molecule has 0 aliphatic heterocycles. The van der Waals surface area contributed by atoms with E-state index in [0.29, 0.717) is 23.2 Å². The molecule has 1 heterocycles. The Labute approximate surface area is 152 Å². The minimum atomic E-state index is -0.379. The summed E-state index contributed by atoms with van der Waals surface area (Å²) < 4.78 is 11.2. The molecule has 25 heavy (non-hydrogen) atoms. The predicted molar refractivity (Wildman–Crippen MR) is 96.3 cm³/mol. The lowest BCUT2D eigenvalue weighted by atomic mass is 10.2. The van der Waals surface area contributed by atoms with Crippen molar-refractivity contribution in [1.82, 2.24) is 15.5 Å². The summed E-state index contributed by atoms with van der Waals surface area (Å²) >= 11 is 3.40. The molecule has 0 fully saturated rings. The number of nitrogens with zero attached hydrogens (tertiary/aromatic N) is 2. The summed E-state index contributed by atoms with van der Waals surface area (Å²) in [6, 6.07) is 14.2. The van der Waals surface area contributed by atoms with E-state index in [2.05, 4.69) is 36.7 Å². The van der Waals surface area contributed by atoms with Crippen LogP contribution in [0.25, 0.3) is 11.4 Å². The Morgan fingerprint density at radius 2 is 2.08 bits per heavy atom. The van der Waals surface area contributed by atoms with E-state index >= 15 is 0 Å². The Hall–Kier alpha value is -2.87. The lowest BCUT2D eigenvalue weighted by molar-refractivity contribution is 0.249. The molecule has 0 aliphatic carbocycles. The maximum Gasteiger partial charge on any atom is 0.319 e. The van der Waals surface area contributed by atoms with Gasteiger partial charge in [-0.25, -0.2) is 4.79 Å². The highest BCUT2D eigenvalue weighted by molar-refractivity contribution is 9.10. The van der Waals surface area contributed by atoms with Crippen LogP contribution < -0.4 is 15.4 Å². The first kappa shape index (κ1) is 17.0. The second-order valence-corrected chi connectivity index (χ2v) is 5.98. The standard InChI is InChI=1S/C17H15BrN4O3/c1-24-14-7-3-6-13(9-14)20-17(23)19-10-15-21-16(22-25-15)11-4-2-5-12(18)8-11/h2-9H,10H2,1H3,(H2,19,20,23). The third-order valence-electron chi connectivity index (χ3n) is 3.28. The van der Waals surface area contributed by atoms with E-state index in [9.17, 15) is 4.79 Å². The van der Waals surface area contributed by atoms with Crippen molar-refractivity contribution < 1.29 is 14.1 Å². The number of benzene rings is 2. The van der Waals surface area contributed by atoms with Crippen molar-refractivity contribution >= 4 is 27.6 Å². The normalized spacial score (nSPS) is 10.3. The number of carbonyl (C=O) groups excluding carboxylic acids is 1. The van der Waals surface area contributed by atoms with E-state index in [1.807, 2.05) is 24.3 Å². The SMILES string of the molecule is COc1cccc(NC(=O)NCc2nc(-c3cccc(Br)c3)no2)c1. The van der Waals surface area contributed by atoms with Gasteiger partial charge < -0.3 is 19.9 Å². The van der Waals surface area contributed by atoms with Crippen molar-refractivity contribution in [2.45, 2.75) is 6.54 Å². The number of carbonyl (C=O) groups is 1. The van der Waals surface area contributed by atoms with Gasteiger partial charge in [-0.3, -0.25) is 0 Å². The van der Waals surface area contributed by atoms with Gasteiger partial charge in [0.15, 0.2) is 0 Å². The van der Waals surface area contributed by atoms with Gasteiger partial charge in [0.25, 0.3) is 0 Å². The van der Waals surface area contributed by atoms with Gasteiger partial charge >= 0.3 is 6.03 Å². The van der Waals surface area contributed by atoms with Gasteiger partial charge in [-0.15, -0.1) is 0 Å². The van der Waals surface area contributed by atoms with Crippen molar-refractivity contribution in [1.29, 1.82) is 0 Å². The predicted octanol–water partition coefficient (Wildman–Crippen LogP) is 3.83. The van der Waals surface area contributed by atoms with Gasteiger partial charge in [-0.1, -0.05) is 39.3 Å². The minimum absolute atomic E-state index is 0.122. The smallest absolute Gasteiger partial charge is 0.319 e. The molecule has 1 aromatic heterocycles. The molecule has 0 unspecified atom stereocenters. The number of amides is 2. The summed E-state index contributed by atoms with van der Waals surface area (Å²) in [5.74, 6) is 1.44. The number of methoxy groups -OCH3 is 1. The molecular weight excluding hydrogens is 388 g/mol.